The Kier molecular flexibility index (Phi) is 11.0. The zero-order valence-corrected chi connectivity index (χ0v) is 25.5. The third-order valence-electron chi connectivity index (χ3n) is 6.46. The molecule has 0 bridgehead atoms. The number of amides is 2. The lowest BCUT2D eigenvalue weighted by Gasteiger charge is -2.32. The van der Waals surface area contributed by atoms with E-state index < -0.39 is 28.5 Å². The number of carbonyl (C=O) groups is 2. The van der Waals surface area contributed by atoms with E-state index in [-0.39, 0.29) is 33.1 Å². The van der Waals surface area contributed by atoms with E-state index in [9.17, 15) is 18.0 Å². The lowest BCUT2D eigenvalue weighted by Crippen LogP contribution is -2.51. The van der Waals surface area contributed by atoms with Gasteiger partial charge in [0.1, 0.15) is 12.6 Å². The summed E-state index contributed by atoms with van der Waals surface area (Å²) < 4.78 is 28.8. The van der Waals surface area contributed by atoms with Crippen LogP contribution >= 0.6 is 23.2 Å². The molecule has 7 nitrogen and oxygen atoms in total. The van der Waals surface area contributed by atoms with Gasteiger partial charge < -0.3 is 10.2 Å². The Morgan fingerprint density at radius 2 is 1.57 bits per heavy atom. The first kappa shape index (κ1) is 31.5. The van der Waals surface area contributed by atoms with Gasteiger partial charge in [0.15, 0.2) is 0 Å². The number of nitrogens with one attached hydrogen (secondary N) is 1. The summed E-state index contributed by atoms with van der Waals surface area (Å²) in [5.41, 5.74) is 2.85. The number of halogens is 2. The van der Waals surface area contributed by atoms with Crippen molar-refractivity contribution in [3.8, 4) is 0 Å². The van der Waals surface area contributed by atoms with Crippen molar-refractivity contribution in [2.24, 2.45) is 0 Å². The van der Waals surface area contributed by atoms with E-state index in [0.717, 1.165) is 33.8 Å². The van der Waals surface area contributed by atoms with E-state index in [0.29, 0.717) is 6.54 Å². The van der Waals surface area contributed by atoms with Crippen LogP contribution in [0, 0.1) is 13.8 Å². The number of anilines is 1. The second kappa shape index (κ2) is 14.0. The highest BCUT2D eigenvalue weighted by molar-refractivity contribution is 7.92. The summed E-state index contributed by atoms with van der Waals surface area (Å²) in [5, 5.41) is 3.32. The van der Waals surface area contributed by atoms with Crippen molar-refractivity contribution in [1.82, 2.24) is 10.2 Å². The minimum atomic E-state index is -4.21. The predicted molar refractivity (Wildman–Crippen MR) is 161 cm³/mol. The number of aryl methyl sites for hydroxylation is 2. The Morgan fingerprint density at radius 3 is 2.17 bits per heavy atom. The highest BCUT2D eigenvalue weighted by Gasteiger charge is 2.32. The molecule has 0 unspecified atom stereocenters. The van der Waals surface area contributed by atoms with Gasteiger partial charge in [-0.25, -0.2) is 8.42 Å². The van der Waals surface area contributed by atoms with Gasteiger partial charge in [0.05, 0.1) is 10.6 Å². The molecule has 2 amide bonds. The van der Waals surface area contributed by atoms with Crippen molar-refractivity contribution < 1.29 is 18.0 Å². The first-order valence-corrected chi connectivity index (χ1v) is 15.3. The molecule has 1 atom stereocenters. The van der Waals surface area contributed by atoms with Crippen molar-refractivity contribution in [2.75, 3.05) is 17.4 Å². The normalized spacial score (nSPS) is 12.1. The molecule has 0 saturated heterocycles. The zero-order chi connectivity index (χ0) is 29.4. The molecule has 0 fully saturated rings. The van der Waals surface area contributed by atoms with E-state index in [1.165, 1.54) is 35.2 Å². The van der Waals surface area contributed by atoms with Crippen LogP contribution in [0.25, 0.3) is 0 Å². The topological polar surface area (TPSA) is 86.8 Å². The van der Waals surface area contributed by atoms with Crippen LogP contribution < -0.4 is 9.62 Å². The fraction of sp³-hybridized carbons (Fsp3) is 0.333. The van der Waals surface area contributed by atoms with E-state index >= 15 is 0 Å². The van der Waals surface area contributed by atoms with Crippen LogP contribution in [0.2, 0.25) is 10.0 Å². The molecular weight excluding hydrogens is 569 g/mol. The molecule has 1 N–H and O–H groups in total. The van der Waals surface area contributed by atoms with Gasteiger partial charge in [0, 0.05) is 23.1 Å². The number of nitrogens with zero attached hydrogens (tertiary/aromatic N) is 2. The second-order valence-corrected chi connectivity index (χ2v) is 12.5. The minimum Gasteiger partial charge on any atom is -0.354 e. The molecule has 214 valence electrons. The quantitative estimate of drug-likeness (QED) is 0.252. The van der Waals surface area contributed by atoms with Crippen LogP contribution in [0.15, 0.2) is 71.6 Å². The predicted octanol–water partition coefficient (Wildman–Crippen LogP) is 6.14. The molecule has 0 aliphatic heterocycles. The van der Waals surface area contributed by atoms with Gasteiger partial charge in [-0.05, 0) is 63.1 Å². The van der Waals surface area contributed by atoms with Crippen molar-refractivity contribution in [1.29, 1.82) is 0 Å². The standard InChI is InChI=1S/C30H35Cl2N3O4S/c1-5-6-14-33-30(37)23(4)34(19-24-9-7-8-22(3)15-24)29(36)20-35(27-17-25(31)16-26(32)18-27)40(38,39)28-12-10-21(2)11-13-28/h7-13,15-18,23H,5-6,14,19-20H2,1-4H3,(H,33,37)/t23-/m1/s1. The van der Waals surface area contributed by atoms with Gasteiger partial charge in [0.2, 0.25) is 11.8 Å². The maximum Gasteiger partial charge on any atom is 0.264 e. The molecule has 0 spiro atoms. The van der Waals surface area contributed by atoms with E-state index in [1.54, 1.807) is 19.1 Å². The number of sulfonamides is 1. The summed E-state index contributed by atoms with van der Waals surface area (Å²) in [6, 6.07) is 17.5. The number of rotatable bonds is 12. The van der Waals surface area contributed by atoms with Crippen LogP contribution in [0.5, 0.6) is 0 Å². The van der Waals surface area contributed by atoms with E-state index in [1.807, 2.05) is 45.0 Å². The highest BCUT2D eigenvalue weighted by atomic mass is 35.5. The monoisotopic (exact) mass is 603 g/mol. The molecule has 0 saturated carbocycles. The molecule has 3 aromatic rings. The van der Waals surface area contributed by atoms with Crippen LogP contribution in [-0.2, 0) is 26.2 Å². The Labute approximate surface area is 247 Å². The van der Waals surface area contributed by atoms with Gasteiger partial charge in [-0.2, -0.15) is 0 Å². The Morgan fingerprint density at radius 1 is 0.925 bits per heavy atom. The van der Waals surface area contributed by atoms with Crippen LogP contribution in [0.3, 0.4) is 0 Å². The molecule has 0 aliphatic carbocycles. The number of hydrogen-bond acceptors (Lipinski definition) is 4. The summed E-state index contributed by atoms with van der Waals surface area (Å²) in [4.78, 5) is 28.4. The average Bonchev–Trinajstić information content (AvgIpc) is 2.89. The zero-order valence-electron chi connectivity index (χ0n) is 23.2. The number of benzene rings is 3. The third kappa shape index (κ3) is 8.22. The molecule has 0 aliphatic rings. The Balaban J connectivity index is 2.03. The Bertz CT molecular complexity index is 1430. The molecule has 0 heterocycles. The number of unbranched alkanes of at least 4 members (excludes halogenated alkanes) is 1. The number of hydrogen-bond donors (Lipinski definition) is 1. The summed E-state index contributed by atoms with van der Waals surface area (Å²) in [7, 11) is -4.21. The lowest BCUT2D eigenvalue weighted by atomic mass is 10.1. The molecular formula is C30H35Cl2N3O4S. The minimum absolute atomic E-state index is 0.0117. The second-order valence-electron chi connectivity index (χ2n) is 9.78. The summed E-state index contributed by atoms with van der Waals surface area (Å²) in [6.07, 6.45) is 1.72. The fourth-order valence-electron chi connectivity index (χ4n) is 4.18. The van der Waals surface area contributed by atoms with Gasteiger partial charge in [-0.1, -0.05) is 84.1 Å². The van der Waals surface area contributed by atoms with Crippen LogP contribution in [0.1, 0.15) is 43.4 Å². The van der Waals surface area contributed by atoms with Crippen LogP contribution in [0.4, 0.5) is 5.69 Å². The lowest BCUT2D eigenvalue weighted by molar-refractivity contribution is -0.139. The molecule has 3 rings (SSSR count). The fourth-order valence-corrected chi connectivity index (χ4v) is 6.09. The first-order valence-electron chi connectivity index (χ1n) is 13.1. The van der Waals surface area contributed by atoms with Gasteiger partial charge in [-0.3, -0.25) is 13.9 Å². The number of carbonyl (C=O) groups excluding carboxylic acids is 2. The first-order chi connectivity index (χ1) is 18.9. The third-order valence-corrected chi connectivity index (χ3v) is 8.68. The van der Waals surface area contributed by atoms with Gasteiger partial charge in [-0.15, -0.1) is 0 Å². The summed E-state index contributed by atoms with van der Waals surface area (Å²) >= 11 is 12.5. The van der Waals surface area contributed by atoms with Crippen molar-refractivity contribution in [3.05, 3.63) is 93.5 Å². The smallest absolute Gasteiger partial charge is 0.264 e. The van der Waals surface area contributed by atoms with Gasteiger partial charge >= 0.3 is 0 Å². The summed E-state index contributed by atoms with van der Waals surface area (Å²) in [6.45, 7) is 7.50. The Hall–Kier alpha value is -3.07. The largest absolute Gasteiger partial charge is 0.354 e. The molecule has 10 heteroatoms. The van der Waals surface area contributed by atoms with Crippen molar-refractivity contribution in [3.63, 3.8) is 0 Å². The average molecular weight is 605 g/mol. The molecule has 0 radical (unpaired) electrons. The maximum atomic E-state index is 14.0. The van der Waals surface area contributed by atoms with Crippen molar-refractivity contribution >= 4 is 50.7 Å². The van der Waals surface area contributed by atoms with Crippen molar-refractivity contribution in [2.45, 2.75) is 58.0 Å². The van der Waals surface area contributed by atoms with Crippen LogP contribution in [-0.4, -0.2) is 44.3 Å². The SMILES string of the molecule is CCCCNC(=O)[C@@H](C)N(Cc1cccc(C)c1)C(=O)CN(c1cc(Cl)cc(Cl)c1)S(=O)(=O)c1ccc(C)cc1. The maximum absolute atomic E-state index is 14.0. The van der Waals surface area contributed by atoms with E-state index in [4.69, 9.17) is 23.2 Å². The summed E-state index contributed by atoms with van der Waals surface area (Å²) in [5.74, 6) is -0.861. The van der Waals surface area contributed by atoms with Gasteiger partial charge in [0.25, 0.3) is 10.0 Å². The van der Waals surface area contributed by atoms with E-state index in [2.05, 4.69) is 5.32 Å². The highest BCUT2D eigenvalue weighted by Crippen LogP contribution is 2.30. The molecule has 0 aromatic heterocycles. The molecule has 3 aromatic carbocycles. The molecule has 40 heavy (non-hydrogen) atoms.